The van der Waals surface area contributed by atoms with Gasteiger partial charge in [-0.25, -0.2) is 5.01 Å². The Hall–Kier alpha value is -1.60. The molecule has 1 heterocycles. The average molecular weight is 329 g/mol. The Bertz CT molecular complexity index is 698. The number of halogens is 1. The highest BCUT2D eigenvalue weighted by atomic mass is 35.5. The predicted octanol–water partition coefficient (Wildman–Crippen LogP) is 1.93. The van der Waals surface area contributed by atoms with Crippen LogP contribution in [0.4, 0.5) is 0 Å². The minimum atomic E-state index is -3.84. The molecule has 1 aliphatic heterocycles. The molecule has 1 aromatic rings. The van der Waals surface area contributed by atoms with E-state index in [9.17, 15) is 8.42 Å². The van der Waals surface area contributed by atoms with E-state index in [1.807, 2.05) is 13.8 Å². The van der Waals surface area contributed by atoms with Gasteiger partial charge in [-0.05, 0) is 18.2 Å². The molecule has 0 amide bonds. The molecule has 6 nitrogen and oxygen atoms in total. The highest BCUT2D eigenvalue weighted by Crippen LogP contribution is 2.22. The molecule has 1 N–H and O–H groups in total. The Kier molecular flexibility index (Phi) is 4.25. The summed E-state index contributed by atoms with van der Waals surface area (Å²) in [6, 6.07) is 6.00. The molecule has 0 bridgehead atoms. The molecular weight excluding hydrogens is 312 g/mol. The quantitative estimate of drug-likeness (QED) is 0.665. The van der Waals surface area contributed by atoms with E-state index in [-0.39, 0.29) is 16.3 Å². The van der Waals surface area contributed by atoms with Crippen LogP contribution < -0.4 is 5.32 Å². The zero-order valence-corrected chi connectivity index (χ0v) is 13.6. The Morgan fingerprint density at radius 3 is 2.71 bits per heavy atom. The lowest BCUT2D eigenvalue weighted by molar-refractivity contribution is 0.378. The summed E-state index contributed by atoms with van der Waals surface area (Å²) in [5.74, 6) is 0.178. The molecule has 0 unspecified atom stereocenters. The number of guanidine groups is 1. The third-order valence-corrected chi connectivity index (χ3v) is 4.37. The van der Waals surface area contributed by atoms with E-state index in [1.165, 1.54) is 17.1 Å². The molecule has 114 valence electrons. The molecule has 0 saturated heterocycles. The van der Waals surface area contributed by atoms with Crippen LogP contribution in [-0.4, -0.2) is 39.2 Å². The van der Waals surface area contributed by atoms with Crippen molar-refractivity contribution in [3.05, 3.63) is 29.3 Å². The molecular formula is C13H17ClN4O2S. The fourth-order valence-corrected chi connectivity index (χ4v) is 3.14. The van der Waals surface area contributed by atoms with E-state index in [0.29, 0.717) is 11.6 Å². The minimum Gasteiger partial charge on any atom is -0.357 e. The maximum Gasteiger partial charge on any atom is 0.285 e. The van der Waals surface area contributed by atoms with Crippen molar-refractivity contribution in [3.8, 4) is 0 Å². The van der Waals surface area contributed by atoms with Crippen LogP contribution in [0.5, 0.6) is 0 Å². The number of nitrogens with zero attached hydrogens (tertiary/aromatic N) is 3. The van der Waals surface area contributed by atoms with Crippen molar-refractivity contribution in [3.63, 3.8) is 0 Å². The topological polar surface area (TPSA) is 74.1 Å². The van der Waals surface area contributed by atoms with Crippen LogP contribution in [0.15, 0.2) is 38.7 Å². The van der Waals surface area contributed by atoms with E-state index >= 15 is 0 Å². The molecule has 0 fully saturated rings. The van der Waals surface area contributed by atoms with Crippen molar-refractivity contribution in [2.75, 3.05) is 13.6 Å². The zero-order valence-electron chi connectivity index (χ0n) is 12.0. The molecule has 0 aliphatic carbocycles. The summed E-state index contributed by atoms with van der Waals surface area (Å²) in [5.41, 5.74) is -0.128. The third-order valence-electron chi connectivity index (χ3n) is 2.87. The van der Waals surface area contributed by atoms with Gasteiger partial charge in [0.1, 0.15) is 0 Å². The fourth-order valence-electron chi connectivity index (χ4n) is 1.84. The highest BCUT2D eigenvalue weighted by Gasteiger charge is 2.28. The number of rotatable bonds is 2. The fraction of sp³-hybridized carbons (Fsp3) is 0.385. The molecule has 0 saturated carbocycles. The van der Waals surface area contributed by atoms with Crippen molar-refractivity contribution >= 4 is 33.8 Å². The number of hydrazone groups is 1. The number of hydrogen-bond donors (Lipinski definition) is 1. The lowest BCUT2D eigenvalue weighted by atomic mass is 9.97. The van der Waals surface area contributed by atoms with Gasteiger partial charge in [0.15, 0.2) is 0 Å². The van der Waals surface area contributed by atoms with Crippen LogP contribution in [0.1, 0.15) is 13.8 Å². The summed E-state index contributed by atoms with van der Waals surface area (Å²) in [6.07, 6.45) is 1.77. The normalized spacial score (nSPS) is 18.1. The highest BCUT2D eigenvalue weighted by molar-refractivity contribution is 7.90. The Morgan fingerprint density at radius 2 is 2.19 bits per heavy atom. The van der Waals surface area contributed by atoms with Crippen molar-refractivity contribution < 1.29 is 8.42 Å². The van der Waals surface area contributed by atoms with Crippen LogP contribution in [0.25, 0.3) is 0 Å². The van der Waals surface area contributed by atoms with Gasteiger partial charge in [-0.2, -0.15) is 13.5 Å². The second kappa shape index (κ2) is 5.65. The molecule has 0 aromatic heterocycles. The summed E-state index contributed by atoms with van der Waals surface area (Å²) >= 11 is 5.82. The van der Waals surface area contributed by atoms with Gasteiger partial charge in [-0.15, -0.1) is 4.40 Å². The Balaban J connectivity index is 2.34. The molecule has 1 aliphatic rings. The van der Waals surface area contributed by atoms with Gasteiger partial charge in [0.25, 0.3) is 10.0 Å². The van der Waals surface area contributed by atoms with E-state index in [2.05, 4.69) is 14.8 Å². The van der Waals surface area contributed by atoms with Gasteiger partial charge in [0.2, 0.25) is 5.96 Å². The maximum absolute atomic E-state index is 12.3. The molecule has 8 heteroatoms. The first-order valence-corrected chi connectivity index (χ1v) is 8.16. The van der Waals surface area contributed by atoms with E-state index < -0.39 is 10.0 Å². The smallest absolute Gasteiger partial charge is 0.285 e. The molecule has 21 heavy (non-hydrogen) atoms. The van der Waals surface area contributed by atoms with Crippen LogP contribution in [0.2, 0.25) is 5.02 Å². The number of nitrogens with one attached hydrogen (secondary N) is 1. The molecule has 0 spiro atoms. The zero-order chi connectivity index (χ0) is 15.7. The summed E-state index contributed by atoms with van der Waals surface area (Å²) in [5, 5.41) is 8.83. The Morgan fingerprint density at radius 1 is 1.48 bits per heavy atom. The first-order valence-electron chi connectivity index (χ1n) is 6.34. The third kappa shape index (κ3) is 3.74. The number of sulfonamides is 1. The largest absolute Gasteiger partial charge is 0.357 e. The minimum absolute atomic E-state index is 0.0465. The lowest BCUT2D eigenvalue weighted by Gasteiger charge is -2.20. The second-order valence-electron chi connectivity index (χ2n) is 5.39. The lowest BCUT2D eigenvalue weighted by Crippen LogP contribution is -2.38. The van der Waals surface area contributed by atoms with Crippen LogP contribution >= 0.6 is 11.6 Å². The average Bonchev–Trinajstić information content (AvgIpc) is 2.76. The van der Waals surface area contributed by atoms with Gasteiger partial charge >= 0.3 is 0 Å². The van der Waals surface area contributed by atoms with Gasteiger partial charge in [-0.3, -0.25) is 0 Å². The monoisotopic (exact) mass is 328 g/mol. The maximum atomic E-state index is 12.3. The second-order valence-corrected chi connectivity index (χ2v) is 7.43. The summed E-state index contributed by atoms with van der Waals surface area (Å²) in [6.45, 7) is 4.57. The van der Waals surface area contributed by atoms with Crippen molar-refractivity contribution in [2.45, 2.75) is 18.7 Å². The number of benzene rings is 1. The molecule has 2 rings (SSSR count). The predicted molar refractivity (Wildman–Crippen MR) is 84.1 cm³/mol. The molecule has 1 aromatic carbocycles. The first kappa shape index (κ1) is 15.8. The first-order chi connectivity index (χ1) is 9.73. The molecule has 0 radical (unpaired) electrons. The van der Waals surface area contributed by atoms with Crippen LogP contribution in [-0.2, 0) is 10.0 Å². The van der Waals surface area contributed by atoms with Gasteiger partial charge in [-0.1, -0.05) is 31.5 Å². The summed E-state index contributed by atoms with van der Waals surface area (Å²) in [4.78, 5) is 0.0465. The molecule has 0 atom stereocenters. The summed E-state index contributed by atoms with van der Waals surface area (Å²) < 4.78 is 28.4. The van der Waals surface area contributed by atoms with E-state index in [0.717, 1.165) is 0 Å². The van der Waals surface area contributed by atoms with Gasteiger partial charge in [0.05, 0.1) is 11.4 Å². The summed E-state index contributed by atoms with van der Waals surface area (Å²) in [7, 11) is -2.24. The SMILES string of the molecule is CN/C(=N\S(=O)(=O)c1cccc(Cl)c1)N1CC(C)(C)C=N1. The van der Waals surface area contributed by atoms with E-state index in [1.54, 1.807) is 25.4 Å². The standard InChI is InChI=1S/C13H17ClN4O2S/c1-13(2)8-16-18(9-13)12(15-3)17-21(19,20)11-6-4-5-10(14)7-11/h4-8H,9H2,1-3H3,(H,15,17). The van der Waals surface area contributed by atoms with Crippen LogP contribution in [0.3, 0.4) is 0 Å². The van der Waals surface area contributed by atoms with Gasteiger partial charge < -0.3 is 5.32 Å². The Labute approximate surface area is 129 Å². The van der Waals surface area contributed by atoms with Crippen molar-refractivity contribution in [1.29, 1.82) is 0 Å². The van der Waals surface area contributed by atoms with E-state index in [4.69, 9.17) is 11.6 Å². The van der Waals surface area contributed by atoms with Crippen LogP contribution in [0, 0.1) is 5.41 Å². The van der Waals surface area contributed by atoms with Gasteiger partial charge in [0, 0.05) is 23.7 Å². The van der Waals surface area contributed by atoms with Crippen molar-refractivity contribution in [2.24, 2.45) is 14.9 Å². The van der Waals surface area contributed by atoms with Crippen molar-refractivity contribution in [1.82, 2.24) is 10.3 Å². The number of hydrogen-bond acceptors (Lipinski definition) is 3.